The maximum Gasteiger partial charge on any atom is 0.129 e. The molecule has 0 saturated heterocycles. The van der Waals surface area contributed by atoms with Crippen molar-refractivity contribution in [2.24, 2.45) is 0 Å². The van der Waals surface area contributed by atoms with E-state index in [0.29, 0.717) is 0 Å². The third kappa shape index (κ3) is 110. The largest absolute Gasteiger partial charge is 0.235 e. The van der Waals surface area contributed by atoms with E-state index in [1.165, 1.54) is 0 Å². The van der Waals surface area contributed by atoms with Gasteiger partial charge in [-0.15, -0.1) is 13.2 Å². The van der Waals surface area contributed by atoms with Crippen molar-refractivity contribution in [3.63, 3.8) is 0 Å². The van der Waals surface area contributed by atoms with Gasteiger partial charge in [-0.2, -0.15) is 0 Å². The van der Waals surface area contributed by atoms with Gasteiger partial charge in [0.05, 0.1) is 0 Å². The Morgan fingerprint density at radius 3 is 1.20 bits per heavy atom. The minimum Gasteiger partial charge on any atom is -0.235 e. The van der Waals surface area contributed by atoms with Gasteiger partial charge >= 0.3 is 0 Å². The highest BCUT2D eigenvalue weighted by atomic mass is 32.1. The molecule has 0 spiro atoms. The summed E-state index contributed by atoms with van der Waals surface area (Å²) < 4.78 is 16.8. The van der Waals surface area contributed by atoms with Crippen LogP contribution in [0.15, 0.2) is 13.2 Å². The van der Waals surface area contributed by atoms with E-state index in [1.54, 1.807) is 0 Å². The van der Waals surface area contributed by atoms with Gasteiger partial charge in [-0.25, -0.2) is 8.42 Å². The first kappa shape index (κ1) is 8.83. The average molecular weight is 94.1 g/mol. The predicted octanol–water partition coefficient (Wildman–Crippen LogP) is -0.403. The van der Waals surface area contributed by atoms with Gasteiger partial charge in [-0.3, -0.25) is 0 Å². The molecule has 0 saturated carbocycles. The Bertz CT molecular complexity index is 36.9. The Balaban J connectivity index is 0. The molecule has 3 heteroatoms. The molecule has 0 fully saturated rings. The molecule has 0 aliphatic rings. The van der Waals surface area contributed by atoms with Gasteiger partial charge in [0.25, 0.3) is 0 Å². The Morgan fingerprint density at radius 2 is 1.20 bits per heavy atom. The summed E-state index contributed by atoms with van der Waals surface area (Å²) in [5.74, 6) is 0. The van der Waals surface area contributed by atoms with E-state index in [1.807, 2.05) is 0 Å². The summed E-state index contributed by atoms with van der Waals surface area (Å²) in [4.78, 5) is 0. The maximum absolute atomic E-state index is 8.40. The topological polar surface area (TPSA) is 34.1 Å². The van der Waals surface area contributed by atoms with Gasteiger partial charge in [0.15, 0.2) is 0 Å². The highest BCUT2D eigenvalue weighted by Crippen LogP contribution is 0.863. The number of hydrogen-bond acceptors (Lipinski definition) is 2. The molecule has 32 valence electrons. The minimum absolute atomic E-state index is 1.42. The van der Waals surface area contributed by atoms with Crippen LogP contribution in [0.4, 0.5) is 0 Å². The Kier molecular flexibility index (Phi) is 99.0. The summed E-state index contributed by atoms with van der Waals surface area (Å²) in [7, 11) is 0. The van der Waals surface area contributed by atoms with Crippen molar-refractivity contribution in [3.05, 3.63) is 13.2 Å². The second-order valence-electron chi connectivity index (χ2n) is 0.0833. The predicted molar refractivity (Wildman–Crippen MR) is 23.0 cm³/mol. The molecule has 5 heavy (non-hydrogen) atoms. The fraction of sp³-hybridized carbons (Fsp3) is 0. The van der Waals surface area contributed by atoms with Crippen LogP contribution < -0.4 is 0 Å². The molecule has 0 aromatic heterocycles. The third-order valence-corrected chi connectivity index (χ3v) is 0. The number of hydrogen-bond donors (Lipinski definition) is 0. The molecule has 0 aromatic carbocycles. The molecule has 0 radical (unpaired) electrons. The average Bonchev–Trinajstić information content (AvgIpc) is 1.46. The third-order valence-electron chi connectivity index (χ3n) is 0. The maximum atomic E-state index is 8.40. The van der Waals surface area contributed by atoms with E-state index in [9.17, 15) is 0 Å². The van der Waals surface area contributed by atoms with Gasteiger partial charge in [-0.1, -0.05) is 0 Å². The molecular formula is C2H6O2S. The molecule has 0 aromatic rings. The molecular weight excluding hydrogens is 88.1 g/mol. The SMILES string of the molecule is C=C.O=[SH2]=O. The van der Waals surface area contributed by atoms with Crippen LogP contribution in [0.5, 0.6) is 0 Å². The van der Waals surface area contributed by atoms with Crippen molar-refractivity contribution in [2.45, 2.75) is 0 Å². The van der Waals surface area contributed by atoms with Crippen molar-refractivity contribution >= 4 is 11.6 Å². The lowest BCUT2D eigenvalue weighted by Crippen LogP contribution is -1.18. The van der Waals surface area contributed by atoms with Crippen LogP contribution in [0.2, 0.25) is 0 Å². The lowest BCUT2D eigenvalue weighted by molar-refractivity contribution is 0.630. The zero-order valence-corrected chi connectivity index (χ0v) is 3.73. The van der Waals surface area contributed by atoms with Crippen LogP contribution in [-0.2, 0) is 11.6 Å². The standard InChI is InChI=1S/C2H4.H2O2S/c1-2;1-3-2/h1-2H2;3H2. The van der Waals surface area contributed by atoms with E-state index in [2.05, 4.69) is 13.2 Å². The molecule has 0 bridgehead atoms. The van der Waals surface area contributed by atoms with Gasteiger partial charge in [0.2, 0.25) is 0 Å². The lowest BCUT2D eigenvalue weighted by atomic mass is 11.3. The first-order chi connectivity index (χ1) is 2.41. The molecule has 0 unspecified atom stereocenters. The van der Waals surface area contributed by atoms with Gasteiger partial charge in [0.1, 0.15) is 11.6 Å². The highest BCUT2D eigenvalue weighted by molar-refractivity contribution is 7.51. The van der Waals surface area contributed by atoms with Crippen molar-refractivity contribution < 1.29 is 8.42 Å². The van der Waals surface area contributed by atoms with Crippen LogP contribution in [0.25, 0.3) is 0 Å². The van der Waals surface area contributed by atoms with Crippen molar-refractivity contribution in [2.75, 3.05) is 0 Å². The van der Waals surface area contributed by atoms with E-state index < -0.39 is 11.6 Å². The second kappa shape index (κ2) is 56.1. The summed E-state index contributed by atoms with van der Waals surface area (Å²) in [5.41, 5.74) is 0. The Labute approximate surface area is 34.1 Å². The van der Waals surface area contributed by atoms with E-state index >= 15 is 0 Å². The van der Waals surface area contributed by atoms with Gasteiger partial charge in [-0.05, 0) is 0 Å². The van der Waals surface area contributed by atoms with Crippen LogP contribution in [0.1, 0.15) is 0 Å². The Hall–Kier alpha value is -0.310. The number of rotatable bonds is 0. The van der Waals surface area contributed by atoms with Crippen molar-refractivity contribution in [3.8, 4) is 0 Å². The van der Waals surface area contributed by atoms with Gasteiger partial charge in [0, 0.05) is 0 Å². The summed E-state index contributed by atoms with van der Waals surface area (Å²) in [6, 6.07) is 0. The van der Waals surface area contributed by atoms with Crippen molar-refractivity contribution in [1.82, 2.24) is 0 Å². The molecule has 0 heterocycles. The fourth-order valence-corrected chi connectivity index (χ4v) is 0. The lowest BCUT2D eigenvalue weighted by Gasteiger charge is -1.07. The molecule has 0 rings (SSSR count). The van der Waals surface area contributed by atoms with Gasteiger partial charge < -0.3 is 0 Å². The van der Waals surface area contributed by atoms with Crippen LogP contribution in [0.3, 0.4) is 0 Å². The van der Waals surface area contributed by atoms with Crippen LogP contribution >= 0.6 is 0 Å². The summed E-state index contributed by atoms with van der Waals surface area (Å²) in [6.45, 7) is 6.00. The second-order valence-corrected chi connectivity index (χ2v) is 0.250. The molecule has 0 atom stereocenters. The molecule has 0 aliphatic carbocycles. The van der Waals surface area contributed by atoms with E-state index in [4.69, 9.17) is 8.42 Å². The monoisotopic (exact) mass is 94.0 g/mol. The summed E-state index contributed by atoms with van der Waals surface area (Å²) in [6.07, 6.45) is 0. The molecule has 0 amide bonds. The fourth-order valence-electron chi connectivity index (χ4n) is 0. The smallest absolute Gasteiger partial charge is 0.129 e. The molecule has 0 aliphatic heterocycles. The molecule has 0 N–H and O–H groups in total. The quantitative estimate of drug-likeness (QED) is 0.383. The first-order valence-electron chi connectivity index (χ1n) is 0.908. The summed E-state index contributed by atoms with van der Waals surface area (Å²) in [5, 5.41) is 0. The molecule has 2 nitrogen and oxygen atoms in total. The Morgan fingerprint density at radius 1 is 1.20 bits per heavy atom. The van der Waals surface area contributed by atoms with Crippen molar-refractivity contribution in [1.29, 1.82) is 0 Å². The first-order valence-corrected chi connectivity index (χ1v) is 1.72. The van der Waals surface area contributed by atoms with E-state index in [0.717, 1.165) is 0 Å². The van der Waals surface area contributed by atoms with Crippen LogP contribution in [-0.4, -0.2) is 8.42 Å². The zero-order chi connectivity index (χ0) is 4.71. The minimum atomic E-state index is -1.42. The van der Waals surface area contributed by atoms with Crippen LogP contribution in [0, 0.1) is 0 Å². The zero-order valence-electron chi connectivity index (χ0n) is 2.73. The summed E-state index contributed by atoms with van der Waals surface area (Å²) >= 11 is -1.42. The highest BCUT2D eigenvalue weighted by Gasteiger charge is 0.964. The normalized spacial score (nSPS) is 4.00. The van der Waals surface area contributed by atoms with E-state index in [-0.39, 0.29) is 0 Å².